The van der Waals surface area contributed by atoms with Crippen molar-refractivity contribution in [2.45, 2.75) is 6.54 Å². The van der Waals surface area contributed by atoms with E-state index in [1.807, 2.05) is 12.1 Å². The number of methoxy groups -OCH3 is 2. The molecule has 0 fully saturated rings. The highest BCUT2D eigenvalue weighted by molar-refractivity contribution is 7.13. The summed E-state index contributed by atoms with van der Waals surface area (Å²) in [6.07, 6.45) is 0. The van der Waals surface area contributed by atoms with Crippen molar-refractivity contribution in [1.82, 2.24) is 10.3 Å². The summed E-state index contributed by atoms with van der Waals surface area (Å²) in [7, 11) is 3.11. The molecule has 1 heterocycles. The third-order valence-electron chi connectivity index (χ3n) is 3.77. The Morgan fingerprint density at radius 3 is 2.69 bits per heavy atom. The third kappa shape index (κ3) is 3.67. The van der Waals surface area contributed by atoms with Gasteiger partial charge in [0.05, 0.1) is 19.8 Å². The SMILES string of the molecule is COc1cccc(-c2nc(C(=O)NCc3ccccc3F)cs2)c1OC. The molecule has 0 unspecified atom stereocenters. The van der Waals surface area contributed by atoms with E-state index in [1.54, 1.807) is 43.9 Å². The highest BCUT2D eigenvalue weighted by Crippen LogP contribution is 2.38. The quantitative estimate of drug-likeness (QED) is 0.713. The molecule has 5 nitrogen and oxygen atoms in total. The number of carbonyl (C=O) groups excluding carboxylic acids is 1. The maximum atomic E-state index is 13.6. The van der Waals surface area contributed by atoms with Crippen molar-refractivity contribution in [2.75, 3.05) is 14.2 Å². The maximum absolute atomic E-state index is 13.6. The van der Waals surface area contributed by atoms with E-state index in [4.69, 9.17) is 9.47 Å². The van der Waals surface area contributed by atoms with Crippen LogP contribution in [-0.4, -0.2) is 25.1 Å². The number of amides is 1. The number of para-hydroxylation sites is 1. The van der Waals surface area contributed by atoms with Crippen molar-refractivity contribution in [3.05, 3.63) is 64.9 Å². The number of carbonyl (C=O) groups is 1. The lowest BCUT2D eigenvalue weighted by molar-refractivity contribution is 0.0946. The number of thiazole rings is 1. The summed E-state index contributed by atoms with van der Waals surface area (Å²) < 4.78 is 24.3. The van der Waals surface area contributed by atoms with Gasteiger partial charge in [0.15, 0.2) is 11.5 Å². The fraction of sp³-hybridized carbons (Fsp3) is 0.158. The van der Waals surface area contributed by atoms with Gasteiger partial charge < -0.3 is 14.8 Å². The first kappa shape index (κ1) is 17.9. The number of benzene rings is 2. The summed E-state index contributed by atoms with van der Waals surface area (Å²) >= 11 is 1.32. The lowest BCUT2D eigenvalue weighted by Crippen LogP contribution is -2.23. The van der Waals surface area contributed by atoms with Crippen LogP contribution in [0, 0.1) is 5.82 Å². The lowest BCUT2D eigenvalue weighted by Gasteiger charge is -2.10. The largest absolute Gasteiger partial charge is 0.493 e. The van der Waals surface area contributed by atoms with Gasteiger partial charge in [0, 0.05) is 17.5 Å². The molecule has 2 aromatic carbocycles. The molecule has 0 spiro atoms. The predicted molar refractivity (Wildman–Crippen MR) is 98.2 cm³/mol. The van der Waals surface area contributed by atoms with E-state index >= 15 is 0 Å². The first-order chi connectivity index (χ1) is 12.6. The van der Waals surface area contributed by atoms with Crippen molar-refractivity contribution < 1.29 is 18.7 Å². The van der Waals surface area contributed by atoms with Gasteiger partial charge in [-0.1, -0.05) is 24.3 Å². The van der Waals surface area contributed by atoms with Gasteiger partial charge in [-0.25, -0.2) is 9.37 Å². The normalized spacial score (nSPS) is 10.4. The van der Waals surface area contributed by atoms with Crippen LogP contribution < -0.4 is 14.8 Å². The van der Waals surface area contributed by atoms with Gasteiger partial charge in [0.1, 0.15) is 16.5 Å². The average molecular weight is 372 g/mol. The third-order valence-corrected chi connectivity index (χ3v) is 4.64. The van der Waals surface area contributed by atoms with Crippen LogP contribution in [0.15, 0.2) is 47.8 Å². The van der Waals surface area contributed by atoms with Crippen LogP contribution >= 0.6 is 11.3 Å². The number of rotatable bonds is 6. The first-order valence-electron chi connectivity index (χ1n) is 7.82. The van der Waals surface area contributed by atoms with Crippen LogP contribution in [0.5, 0.6) is 11.5 Å². The van der Waals surface area contributed by atoms with E-state index in [9.17, 15) is 9.18 Å². The summed E-state index contributed by atoms with van der Waals surface area (Å²) in [6, 6.07) is 11.8. The maximum Gasteiger partial charge on any atom is 0.271 e. The molecule has 0 atom stereocenters. The minimum absolute atomic E-state index is 0.0981. The predicted octanol–water partition coefficient (Wildman–Crippen LogP) is 3.90. The number of hydrogen-bond acceptors (Lipinski definition) is 5. The number of nitrogens with one attached hydrogen (secondary N) is 1. The number of halogens is 1. The Hall–Kier alpha value is -2.93. The van der Waals surface area contributed by atoms with Crippen molar-refractivity contribution in [2.24, 2.45) is 0 Å². The second kappa shape index (κ2) is 7.97. The van der Waals surface area contributed by atoms with Crippen LogP contribution in [0.2, 0.25) is 0 Å². The van der Waals surface area contributed by atoms with Gasteiger partial charge in [0.2, 0.25) is 0 Å². The van der Waals surface area contributed by atoms with Crippen LogP contribution in [0.3, 0.4) is 0 Å². The smallest absolute Gasteiger partial charge is 0.271 e. The van der Waals surface area contributed by atoms with E-state index in [2.05, 4.69) is 10.3 Å². The fourth-order valence-electron chi connectivity index (χ4n) is 2.47. The van der Waals surface area contributed by atoms with Gasteiger partial charge in [-0.05, 0) is 18.2 Å². The summed E-state index contributed by atoms with van der Waals surface area (Å²) in [5.74, 6) is 0.430. The average Bonchev–Trinajstić information content (AvgIpc) is 3.16. The number of aromatic nitrogens is 1. The van der Waals surface area contributed by atoms with E-state index in [-0.39, 0.29) is 24.0 Å². The molecule has 0 radical (unpaired) electrons. The molecule has 3 rings (SSSR count). The molecule has 0 aliphatic heterocycles. The summed E-state index contributed by atoms with van der Waals surface area (Å²) in [4.78, 5) is 16.7. The van der Waals surface area contributed by atoms with Crippen molar-refractivity contribution in [3.8, 4) is 22.1 Å². The molecule has 0 aliphatic rings. The molecule has 1 amide bonds. The topological polar surface area (TPSA) is 60.5 Å². The van der Waals surface area contributed by atoms with Gasteiger partial charge in [-0.3, -0.25) is 4.79 Å². The number of nitrogens with zero attached hydrogens (tertiary/aromatic N) is 1. The first-order valence-corrected chi connectivity index (χ1v) is 8.70. The van der Waals surface area contributed by atoms with Gasteiger partial charge >= 0.3 is 0 Å². The van der Waals surface area contributed by atoms with Crippen molar-refractivity contribution >= 4 is 17.2 Å². The molecule has 134 valence electrons. The molecular weight excluding hydrogens is 355 g/mol. The van der Waals surface area contributed by atoms with Crippen molar-refractivity contribution in [3.63, 3.8) is 0 Å². The van der Waals surface area contributed by atoms with Crippen LogP contribution in [-0.2, 0) is 6.54 Å². The zero-order valence-corrected chi connectivity index (χ0v) is 15.1. The lowest BCUT2D eigenvalue weighted by atomic mass is 10.2. The molecule has 1 N–H and O–H groups in total. The monoisotopic (exact) mass is 372 g/mol. The van der Waals surface area contributed by atoms with E-state index in [0.717, 1.165) is 5.56 Å². The summed E-state index contributed by atoms with van der Waals surface area (Å²) in [6.45, 7) is 0.0981. The molecule has 0 saturated heterocycles. The molecule has 3 aromatic rings. The Balaban J connectivity index is 1.78. The van der Waals surface area contributed by atoms with Gasteiger partial charge in [-0.2, -0.15) is 0 Å². The Kier molecular flexibility index (Phi) is 5.48. The summed E-state index contributed by atoms with van der Waals surface area (Å²) in [5, 5.41) is 4.97. The molecular formula is C19H17FN2O3S. The standard InChI is InChI=1S/C19H17FN2O3S/c1-24-16-9-5-7-13(17(16)25-2)19-22-15(11-26-19)18(23)21-10-12-6-3-4-8-14(12)20/h3-9,11H,10H2,1-2H3,(H,21,23). The fourth-order valence-corrected chi connectivity index (χ4v) is 3.29. The highest BCUT2D eigenvalue weighted by Gasteiger charge is 2.17. The minimum Gasteiger partial charge on any atom is -0.493 e. The molecule has 0 saturated carbocycles. The van der Waals surface area contributed by atoms with Crippen LogP contribution in [0.1, 0.15) is 16.1 Å². The van der Waals surface area contributed by atoms with E-state index in [1.165, 1.54) is 17.4 Å². The number of hydrogen-bond donors (Lipinski definition) is 1. The van der Waals surface area contributed by atoms with Gasteiger partial charge in [0.25, 0.3) is 5.91 Å². The van der Waals surface area contributed by atoms with Crippen molar-refractivity contribution in [1.29, 1.82) is 0 Å². The second-order valence-electron chi connectivity index (χ2n) is 5.35. The Bertz CT molecular complexity index is 927. The Morgan fingerprint density at radius 1 is 1.15 bits per heavy atom. The molecule has 0 bridgehead atoms. The molecule has 7 heteroatoms. The van der Waals surface area contributed by atoms with Gasteiger partial charge in [-0.15, -0.1) is 11.3 Å². The zero-order chi connectivity index (χ0) is 18.5. The van der Waals surface area contributed by atoms with E-state index in [0.29, 0.717) is 22.1 Å². The molecule has 1 aromatic heterocycles. The minimum atomic E-state index is -0.363. The highest BCUT2D eigenvalue weighted by atomic mass is 32.1. The van der Waals surface area contributed by atoms with E-state index < -0.39 is 0 Å². The molecule has 26 heavy (non-hydrogen) atoms. The zero-order valence-electron chi connectivity index (χ0n) is 14.3. The Morgan fingerprint density at radius 2 is 1.96 bits per heavy atom. The summed E-state index contributed by atoms with van der Waals surface area (Å²) in [5.41, 5.74) is 1.43. The molecule has 0 aliphatic carbocycles. The van der Waals surface area contributed by atoms with Crippen LogP contribution in [0.4, 0.5) is 4.39 Å². The number of ether oxygens (including phenoxy) is 2. The van der Waals surface area contributed by atoms with Crippen LogP contribution in [0.25, 0.3) is 10.6 Å². The Labute approximate surface area is 154 Å². The second-order valence-corrected chi connectivity index (χ2v) is 6.21.